The first-order chi connectivity index (χ1) is 31.3. The summed E-state index contributed by atoms with van der Waals surface area (Å²) in [6, 6.07) is 15.6. The van der Waals surface area contributed by atoms with Gasteiger partial charge in [0.2, 0.25) is 11.9 Å². The molecule has 2 aromatic carbocycles. The van der Waals surface area contributed by atoms with Crippen LogP contribution in [0.5, 0.6) is 11.5 Å². The number of benzene rings is 2. The van der Waals surface area contributed by atoms with Crippen molar-refractivity contribution in [3.63, 3.8) is 0 Å². The number of methoxy groups -OCH3 is 1. The fraction of sp³-hybridized carbons (Fsp3) is 0.623. The van der Waals surface area contributed by atoms with Crippen molar-refractivity contribution < 1.29 is 14.3 Å². The summed E-state index contributed by atoms with van der Waals surface area (Å²) in [5.41, 5.74) is 4.18. The molecule has 1 amide bonds. The van der Waals surface area contributed by atoms with Crippen LogP contribution in [0, 0.1) is 36.0 Å². The van der Waals surface area contributed by atoms with Crippen LogP contribution in [0.1, 0.15) is 128 Å². The minimum atomic E-state index is -0.153. The predicted molar refractivity (Wildman–Crippen MR) is 257 cm³/mol. The normalized spacial score (nSPS) is 22.8. The number of hydrogen-bond acceptors (Lipinski definition) is 9. The van der Waals surface area contributed by atoms with E-state index in [1.807, 2.05) is 37.3 Å². The van der Waals surface area contributed by atoms with Gasteiger partial charge < -0.3 is 25.0 Å². The number of nitrogens with zero attached hydrogens (tertiary/aromatic N) is 5. The van der Waals surface area contributed by atoms with E-state index in [1.165, 1.54) is 116 Å². The molecule has 0 atom stereocenters. The molecule has 2 N–H and O–H groups in total. The molecule has 0 radical (unpaired) electrons. The molecule has 4 aromatic rings. The minimum Gasteiger partial charge on any atom is -0.494 e. The van der Waals surface area contributed by atoms with E-state index in [-0.39, 0.29) is 5.56 Å². The number of carbonyl (C=O) groups is 1. The number of ether oxygens (including phenoxy) is 2. The zero-order valence-corrected chi connectivity index (χ0v) is 38.8. The number of anilines is 3. The Hall–Kier alpha value is -4.64. The molecule has 6 aliphatic rings. The number of amides is 1. The van der Waals surface area contributed by atoms with Crippen LogP contribution in [0.4, 0.5) is 17.3 Å². The van der Waals surface area contributed by atoms with Crippen molar-refractivity contribution >= 4 is 34.3 Å². The Morgan fingerprint density at radius 1 is 0.812 bits per heavy atom. The van der Waals surface area contributed by atoms with Gasteiger partial charge >= 0.3 is 0 Å². The van der Waals surface area contributed by atoms with E-state index in [0.717, 1.165) is 91.4 Å². The smallest absolute Gasteiger partial charge is 0.257 e. The van der Waals surface area contributed by atoms with Gasteiger partial charge in [-0.05, 0) is 137 Å². The average molecular weight is 872 g/mol. The zero-order chi connectivity index (χ0) is 43.9. The van der Waals surface area contributed by atoms with Crippen molar-refractivity contribution in [3.05, 3.63) is 70.6 Å². The Bertz CT molecular complexity index is 2230. The predicted octanol–water partition coefficient (Wildman–Crippen LogP) is 10.4. The van der Waals surface area contributed by atoms with Gasteiger partial charge in [0.15, 0.2) is 5.65 Å². The summed E-state index contributed by atoms with van der Waals surface area (Å²) in [6.07, 6.45) is 26.3. The number of pyridine rings is 1. The number of piperazine rings is 1. The van der Waals surface area contributed by atoms with Crippen molar-refractivity contribution in [2.75, 3.05) is 63.2 Å². The maximum absolute atomic E-state index is 13.4. The third-order valence-electron chi connectivity index (χ3n) is 15.3. The molecule has 0 spiro atoms. The van der Waals surface area contributed by atoms with E-state index in [2.05, 4.69) is 37.6 Å². The Balaban J connectivity index is 0.653. The van der Waals surface area contributed by atoms with Crippen molar-refractivity contribution in [1.29, 1.82) is 0 Å². The Kier molecular flexibility index (Phi) is 14.4. The Labute approximate surface area is 381 Å². The maximum Gasteiger partial charge on any atom is 0.257 e. The summed E-state index contributed by atoms with van der Waals surface area (Å²) < 4.78 is 13.5. The molecule has 3 heterocycles. The van der Waals surface area contributed by atoms with Crippen LogP contribution in [0.25, 0.3) is 16.7 Å². The molecule has 2 aromatic heterocycles. The standard InChI is InChI=1S/C53H73N7O4/c1-38-26-50(62)60(44-14-13-15-45(30-44)64-37-39-16-17-39)51-46(38)36-55-52(57-51)56-47-19-18-43(31-48(47)63-2)59-24-22-58(23-25-59)21-12-10-8-6-4-3-5-7-9-11-20-54-49(61)35-53-32-40-27-41(33-53)29-42(28-40)34-53/h13-15,18-19,26,30-31,36,39-42H,3-12,16-17,20-25,27-29,32-35,37H2,1-2H3,(H,54,61)(H,55,56,57). The van der Waals surface area contributed by atoms with Crippen LogP contribution in [0.15, 0.2) is 59.5 Å². The summed E-state index contributed by atoms with van der Waals surface area (Å²) in [7, 11) is 1.69. The summed E-state index contributed by atoms with van der Waals surface area (Å²) in [4.78, 5) is 40.8. The first-order valence-corrected chi connectivity index (χ1v) is 25.1. The number of aromatic nitrogens is 3. The van der Waals surface area contributed by atoms with Crippen LogP contribution in [-0.2, 0) is 4.79 Å². The summed E-state index contributed by atoms with van der Waals surface area (Å²) in [6.45, 7) is 8.77. The van der Waals surface area contributed by atoms with Gasteiger partial charge in [-0.2, -0.15) is 4.98 Å². The fourth-order valence-electron chi connectivity index (χ4n) is 12.1. The molecule has 344 valence electrons. The fourth-order valence-corrected chi connectivity index (χ4v) is 12.1. The minimum absolute atomic E-state index is 0.153. The van der Waals surface area contributed by atoms with Crippen molar-refractivity contribution in [3.8, 4) is 17.2 Å². The van der Waals surface area contributed by atoms with Gasteiger partial charge in [0.05, 0.1) is 25.1 Å². The van der Waals surface area contributed by atoms with Crippen LogP contribution >= 0.6 is 0 Å². The van der Waals surface area contributed by atoms with E-state index in [4.69, 9.17) is 14.5 Å². The van der Waals surface area contributed by atoms with Gasteiger partial charge in [0.25, 0.3) is 5.56 Å². The van der Waals surface area contributed by atoms with Crippen LogP contribution in [0.3, 0.4) is 0 Å². The van der Waals surface area contributed by atoms with Gasteiger partial charge in [-0.15, -0.1) is 0 Å². The third kappa shape index (κ3) is 11.2. The van der Waals surface area contributed by atoms with E-state index in [9.17, 15) is 9.59 Å². The lowest BCUT2D eigenvalue weighted by Gasteiger charge is -2.56. The first kappa shape index (κ1) is 44.6. The highest BCUT2D eigenvalue weighted by molar-refractivity contribution is 5.81. The molecule has 10 rings (SSSR count). The summed E-state index contributed by atoms with van der Waals surface area (Å²) in [5.74, 6) is 5.58. The lowest BCUT2D eigenvalue weighted by molar-refractivity contribution is -0.129. The molecule has 4 bridgehead atoms. The monoisotopic (exact) mass is 872 g/mol. The van der Waals surface area contributed by atoms with Crippen LogP contribution < -0.4 is 30.6 Å². The molecular formula is C53H73N7O4. The van der Waals surface area contributed by atoms with Gasteiger partial charge in [0, 0.05) is 74.6 Å². The summed E-state index contributed by atoms with van der Waals surface area (Å²) >= 11 is 0. The number of hydrogen-bond donors (Lipinski definition) is 2. The lowest BCUT2D eigenvalue weighted by Crippen LogP contribution is -2.48. The molecule has 64 heavy (non-hydrogen) atoms. The van der Waals surface area contributed by atoms with E-state index >= 15 is 0 Å². The second kappa shape index (κ2) is 20.7. The van der Waals surface area contributed by atoms with Crippen molar-refractivity contribution in [2.24, 2.45) is 29.1 Å². The molecule has 11 heteroatoms. The number of rotatable bonds is 23. The van der Waals surface area contributed by atoms with Crippen LogP contribution in [-0.4, -0.2) is 78.3 Å². The van der Waals surface area contributed by atoms with Crippen LogP contribution in [0.2, 0.25) is 0 Å². The van der Waals surface area contributed by atoms with Gasteiger partial charge in [-0.1, -0.05) is 57.4 Å². The molecule has 1 saturated heterocycles. The highest BCUT2D eigenvalue weighted by atomic mass is 16.5. The topological polar surface area (TPSA) is 114 Å². The number of aryl methyl sites for hydroxylation is 1. The lowest BCUT2D eigenvalue weighted by atomic mass is 9.49. The molecule has 6 fully saturated rings. The molecule has 1 aliphatic heterocycles. The first-order valence-electron chi connectivity index (χ1n) is 25.1. The molecule has 11 nitrogen and oxygen atoms in total. The zero-order valence-electron chi connectivity index (χ0n) is 38.8. The molecular weight excluding hydrogens is 799 g/mol. The van der Waals surface area contributed by atoms with E-state index < -0.39 is 0 Å². The van der Waals surface area contributed by atoms with E-state index in [1.54, 1.807) is 23.9 Å². The van der Waals surface area contributed by atoms with Gasteiger partial charge in [-0.25, -0.2) is 4.98 Å². The molecule has 5 aliphatic carbocycles. The Morgan fingerprint density at radius 3 is 2.19 bits per heavy atom. The number of unbranched alkanes of at least 4 members (excludes halogenated alkanes) is 9. The molecule has 5 saturated carbocycles. The highest BCUT2D eigenvalue weighted by Crippen LogP contribution is 2.61. The highest BCUT2D eigenvalue weighted by Gasteiger charge is 2.51. The number of fused-ring (bicyclic) bond motifs is 1. The largest absolute Gasteiger partial charge is 0.494 e. The van der Waals surface area contributed by atoms with Crippen molar-refractivity contribution in [2.45, 2.75) is 129 Å². The quantitative estimate of drug-likeness (QED) is 0.0704. The number of nitrogens with one attached hydrogen (secondary N) is 2. The average Bonchev–Trinajstić information content (AvgIpc) is 4.12. The molecule has 0 unspecified atom stereocenters. The van der Waals surface area contributed by atoms with Gasteiger partial charge in [0.1, 0.15) is 11.5 Å². The van der Waals surface area contributed by atoms with E-state index in [0.29, 0.717) is 46.9 Å². The SMILES string of the molecule is COc1cc(N2CCN(CCCCCCCCCCCCNC(=O)CC34CC5CC(CC(C5)C3)C4)CC2)ccc1Nc1ncc2c(C)cc(=O)n(-c3cccc(OCC4CC4)c3)c2n1. The van der Waals surface area contributed by atoms with Gasteiger partial charge in [-0.3, -0.25) is 19.1 Å². The van der Waals surface area contributed by atoms with Crippen molar-refractivity contribution in [1.82, 2.24) is 24.8 Å². The Morgan fingerprint density at radius 2 is 1.50 bits per heavy atom. The second-order valence-electron chi connectivity index (χ2n) is 20.5. The summed E-state index contributed by atoms with van der Waals surface area (Å²) in [5, 5.41) is 7.47. The number of carbonyl (C=O) groups excluding carboxylic acids is 1. The second-order valence-corrected chi connectivity index (χ2v) is 20.5. The maximum atomic E-state index is 13.4. The third-order valence-corrected chi connectivity index (χ3v) is 15.3.